The number of nitrogens with zero attached hydrogens (tertiary/aromatic N) is 3. The molecule has 1 aromatic heterocycles. The van der Waals surface area contributed by atoms with Gasteiger partial charge in [0.15, 0.2) is 0 Å². The first kappa shape index (κ1) is 13.3. The van der Waals surface area contributed by atoms with Crippen molar-refractivity contribution in [3.63, 3.8) is 0 Å². The zero-order valence-corrected chi connectivity index (χ0v) is 11.9. The van der Waals surface area contributed by atoms with Crippen molar-refractivity contribution in [2.45, 2.75) is 20.1 Å². The number of amides is 1. The lowest BCUT2D eigenvalue weighted by Gasteiger charge is -2.18. The summed E-state index contributed by atoms with van der Waals surface area (Å²) in [6, 6.07) is 11.5. The van der Waals surface area contributed by atoms with E-state index in [9.17, 15) is 4.79 Å². The van der Waals surface area contributed by atoms with E-state index in [0.717, 1.165) is 16.7 Å². The standard InChI is InChI=1S/C16H15N3O2/c1-11-5-7-13(8-6-11)15-18-19(12(2)20)16(21-15)14-4-3-9-17-10-14/h3-10,16H,1-2H3/t16-/m1/s1. The van der Waals surface area contributed by atoms with Gasteiger partial charge in [-0.25, -0.2) is 0 Å². The van der Waals surface area contributed by atoms with Gasteiger partial charge in [0.05, 0.1) is 0 Å². The molecule has 0 bridgehead atoms. The van der Waals surface area contributed by atoms with Gasteiger partial charge in [-0.1, -0.05) is 23.8 Å². The van der Waals surface area contributed by atoms with Gasteiger partial charge in [-0.05, 0) is 25.1 Å². The lowest BCUT2D eigenvalue weighted by atomic mass is 10.1. The first-order valence-electron chi connectivity index (χ1n) is 6.67. The lowest BCUT2D eigenvalue weighted by Crippen LogP contribution is -2.25. The molecule has 2 heterocycles. The molecule has 0 unspecified atom stereocenters. The van der Waals surface area contributed by atoms with Gasteiger partial charge in [-0.15, -0.1) is 5.10 Å². The minimum Gasteiger partial charge on any atom is -0.446 e. The average molecular weight is 281 g/mol. The fourth-order valence-electron chi connectivity index (χ4n) is 2.12. The van der Waals surface area contributed by atoms with Crippen molar-refractivity contribution < 1.29 is 9.53 Å². The van der Waals surface area contributed by atoms with Crippen LogP contribution in [0.5, 0.6) is 0 Å². The Hall–Kier alpha value is -2.69. The maximum absolute atomic E-state index is 11.8. The number of hydrogen-bond acceptors (Lipinski definition) is 4. The predicted octanol–water partition coefficient (Wildman–Crippen LogP) is 2.63. The molecule has 0 aliphatic carbocycles. The largest absolute Gasteiger partial charge is 0.446 e. The van der Waals surface area contributed by atoms with Crippen LogP contribution in [0, 0.1) is 6.92 Å². The fourth-order valence-corrected chi connectivity index (χ4v) is 2.12. The van der Waals surface area contributed by atoms with Crippen LogP contribution >= 0.6 is 0 Å². The molecule has 1 atom stereocenters. The zero-order valence-electron chi connectivity index (χ0n) is 11.9. The van der Waals surface area contributed by atoms with Gasteiger partial charge >= 0.3 is 0 Å². The molecule has 106 valence electrons. The second-order valence-corrected chi connectivity index (χ2v) is 4.89. The molecule has 1 aliphatic rings. The Morgan fingerprint density at radius 2 is 2.00 bits per heavy atom. The number of carbonyl (C=O) groups excluding carboxylic acids is 1. The van der Waals surface area contributed by atoms with Crippen LogP contribution in [0.25, 0.3) is 0 Å². The highest BCUT2D eigenvalue weighted by Crippen LogP contribution is 2.29. The fraction of sp³-hybridized carbons (Fsp3) is 0.188. The Labute approximate surface area is 122 Å². The summed E-state index contributed by atoms with van der Waals surface area (Å²) in [6.45, 7) is 3.48. The molecule has 3 rings (SSSR count). The Morgan fingerprint density at radius 1 is 1.24 bits per heavy atom. The SMILES string of the molecule is CC(=O)N1N=C(c2ccc(C)cc2)O[C@@H]1c1cccnc1. The summed E-state index contributed by atoms with van der Waals surface area (Å²) < 4.78 is 5.86. The van der Waals surface area contributed by atoms with Crippen LogP contribution in [0.15, 0.2) is 53.9 Å². The molecule has 1 aliphatic heterocycles. The van der Waals surface area contributed by atoms with Crippen LogP contribution in [0.2, 0.25) is 0 Å². The highest BCUT2D eigenvalue weighted by molar-refractivity contribution is 5.96. The van der Waals surface area contributed by atoms with Crippen LogP contribution in [-0.2, 0) is 9.53 Å². The molecule has 2 aromatic rings. The second kappa shape index (κ2) is 5.36. The summed E-state index contributed by atoms with van der Waals surface area (Å²) in [6.07, 6.45) is 2.79. The van der Waals surface area contributed by atoms with E-state index in [1.54, 1.807) is 18.5 Å². The molecular weight excluding hydrogens is 266 g/mol. The monoisotopic (exact) mass is 281 g/mol. The molecule has 0 saturated heterocycles. The van der Waals surface area contributed by atoms with E-state index < -0.39 is 6.23 Å². The Morgan fingerprint density at radius 3 is 2.62 bits per heavy atom. The number of hydrazone groups is 1. The van der Waals surface area contributed by atoms with Gasteiger partial charge < -0.3 is 4.74 Å². The van der Waals surface area contributed by atoms with Crippen LogP contribution in [0.4, 0.5) is 0 Å². The summed E-state index contributed by atoms with van der Waals surface area (Å²) >= 11 is 0. The van der Waals surface area contributed by atoms with Crippen molar-refractivity contribution in [2.75, 3.05) is 0 Å². The van der Waals surface area contributed by atoms with Gasteiger partial charge in [-0.2, -0.15) is 5.01 Å². The Balaban J connectivity index is 1.93. The van der Waals surface area contributed by atoms with E-state index >= 15 is 0 Å². The van der Waals surface area contributed by atoms with E-state index in [2.05, 4.69) is 10.1 Å². The third-order valence-corrected chi connectivity index (χ3v) is 3.23. The number of aromatic nitrogens is 1. The van der Waals surface area contributed by atoms with Gasteiger partial charge in [0.1, 0.15) is 0 Å². The molecule has 0 fully saturated rings. The van der Waals surface area contributed by atoms with Gasteiger partial charge in [-0.3, -0.25) is 9.78 Å². The van der Waals surface area contributed by atoms with Crippen molar-refractivity contribution in [1.29, 1.82) is 0 Å². The summed E-state index contributed by atoms with van der Waals surface area (Å²) in [5.41, 5.74) is 2.79. The molecule has 0 radical (unpaired) electrons. The highest BCUT2D eigenvalue weighted by Gasteiger charge is 2.33. The third-order valence-electron chi connectivity index (χ3n) is 3.23. The van der Waals surface area contributed by atoms with Crippen molar-refractivity contribution in [2.24, 2.45) is 5.10 Å². The summed E-state index contributed by atoms with van der Waals surface area (Å²) in [5, 5.41) is 5.64. The smallest absolute Gasteiger partial charge is 0.243 e. The van der Waals surface area contributed by atoms with E-state index in [0.29, 0.717) is 5.90 Å². The molecule has 21 heavy (non-hydrogen) atoms. The highest BCUT2D eigenvalue weighted by atomic mass is 16.5. The molecule has 0 N–H and O–H groups in total. The van der Waals surface area contributed by atoms with Gasteiger partial charge in [0.25, 0.3) is 0 Å². The van der Waals surface area contributed by atoms with Crippen LogP contribution in [-0.4, -0.2) is 21.8 Å². The topological polar surface area (TPSA) is 54.8 Å². The van der Waals surface area contributed by atoms with E-state index in [4.69, 9.17) is 4.74 Å². The van der Waals surface area contributed by atoms with Crippen molar-refractivity contribution in [3.8, 4) is 0 Å². The molecular formula is C16H15N3O2. The number of aryl methyl sites for hydroxylation is 1. The molecule has 0 spiro atoms. The van der Waals surface area contributed by atoms with Crippen LogP contribution < -0.4 is 0 Å². The number of ether oxygens (including phenoxy) is 1. The third kappa shape index (κ3) is 2.63. The lowest BCUT2D eigenvalue weighted by molar-refractivity contribution is -0.135. The van der Waals surface area contributed by atoms with Crippen molar-refractivity contribution >= 4 is 11.8 Å². The summed E-state index contributed by atoms with van der Waals surface area (Å²) in [4.78, 5) is 15.8. The molecule has 5 nitrogen and oxygen atoms in total. The van der Waals surface area contributed by atoms with Crippen LogP contribution in [0.3, 0.4) is 0 Å². The van der Waals surface area contributed by atoms with Gasteiger partial charge in [0, 0.05) is 30.4 Å². The number of hydrogen-bond donors (Lipinski definition) is 0. The average Bonchev–Trinajstić information content (AvgIpc) is 2.94. The Kier molecular flexibility index (Phi) is 3.39. The minimum absolute atomic E-state index is 0.175. The van der Waals surface area contributed by atoms with Crippen molar-refractivity contribution in [1.82, 2.24) is 9.99 Å². The number of carbonyl (C=O) groups is 1. The Bertz CT molecular complexity index is 680. The van der Waals surface area contributed by atoms with Crippen LogP contribution in [0.1, 0.15) is 29.8 Å². The molecule has 1 aromatic carbocycles. The van der Waals surface area contributed by atoms with E-state index in [1.165, 1.54) is 11.9 Å². The maximum atomic E-state index is 11.8. The van der Waals surface area contributed by atoms with Crippen molar-refractivity contribution in [3.05, 3.63) is 65.5 Å². The van der Waals surface area contributed by atoms with E-state index in [-0.39, 0.29) is 5.91 Å². The maximum Gasteiger partial charge on any atom is 0.243 e. The van der Waals surface area contributed by atoms with E-state index in [1.807, 2.05) is 37.3 Å². The number of benzene rings is 1. The predicted molar refractivity (Wildman–Crippen MR) is 78.3 cm³/mol. The summed E-state index contributed by atoms with van der Waals surface area (Å²) in [7, 11) is 0. The number of rotatable bonds is 2. The zero-order chi connectivity index (χ0) is 14.8. The number of pyridine rings is 1. The quantitative estimate of drug-likeness (QED) is 0.850. The molecule has 5 heteroatoms. The normalized spacial score (nSPS) is 17.3. The second-order valence-electron chi connectivity index (χ2n) is 4.89. The minimum atomic E-state index is -0.562. The summed E-state index contributed by atoms with van der Waals surface area (Å²) in [5.74, 6) is 0.269. The first-order chi connectivity index (χ1) is 10.1. The first-order valence-corrected chi connectivity index (χ1v) is 6.67. The molecule has 0 saturated carbocycles. The molecule has 1 amide bonds. The van der Waals surface area contributed by atoms with Gasteiger partial charge in [0.2, 0.25) is 18.0 Å².